The van der Waals surface area contributed by atoms with Crippen molar-refractivity contribution in [2.75, 3.05) is 5.73 Å². The van der Waals surface area contributed by atoms with Gasteiger partial charge in [-0.15, -0.1) is 0 Å². The summed E-state index contributed by atoms with van der Waals surface area (Å²) in [6.45, 7) is 8.68. The van der Waals surface area contributed by atoms with Crippen LogP contribution >= 0.6 is 0 Å². The highest BCUT2D eigenvalue weighted by atomic mass is 15.2. The van der Waals surface area contributed by atoms with E-state index in [0.29, 0.717) is 17.7 Å². The molecule has 3 heteroatoms. The molecule has 0 saturated carbocycles. The first kappa shape index (κ1) is 10.1. The van der Waals surface area contributed by atoms with Crippen LogP contribution in [-0.2, 0) is 0 Å². The Balaban J connectivity index is 2.76. The van der Waals surface area contributed by atoms with E-state index < -0.39 is 0 Å². The third kappa shape index (κ3) is 2.23. The summed E-state index contributed by atoms with van der Waals surface area (Å²) < 4.78 is 0. The second kappa shape index (κ2) is 3.81. The highest BCUT2D eigenvalue weighted by molar-refractivity contribution is 5.41. The molecule has 1 aromatic rings. The maximum Gasteiger partial charge on any atom is 0.148 e. The molecular formula is C10H19N3. The molecule has 0 aliphatic rings. The van der Waals surface area contributed by atoms with E-state index in [9.17, 15) is 0 Å². The van der Waals surface area contributed by atoms with Crippen molar-refractivity contribution in [1.82, 2.24) is 10.2 Å². The van der Waals surface area contributed by atoms with E-state index in [1.165, 1.54) is 12.1 Å². The van der Waals surface area contributed by atoms with Gasteiger partial charge in [0.1, 0.15) is 5.82 Å². The molecule has 1 heterocycles. The monoisotopic (exact) mass is 181 g/mol. The minimum atomic E-state index is 0.518. The molecule has 0 aliphatic heterocycles. The number of H-pyrrole nitrogens is 1. The van der Waals surface area contributed by atoms with Gasteiger partial charge in [0.2, 0.25) is 0 Å². The van der Waals surface area contributed by atoms with Gasteiger partial charge in [-0.1, -0.05) is 20.8 Å². The Bertz CT molecular complexity index is 276. The van der Waals surface area contributed by atoms with Crippen molar-refractivity contribution in [1.29, 1.82) is 0 Å². The number of aromatic nitrogens is 2. The van der Waals surface area contributed by atoms with Crippen LogP contribution in [0.3, 0.4) is 0 Å². The van der Waals surface area contributed by atoms with Crippen LogP contribution in [0.5, 0.6) is 0 Å². The zero-order chi connectivity index (χ0) is 10.0. The fourth-order valence-electron chi connectivity index (χ4n) is 1.73. The highest BCUT2D eigenvalue weighted by Crippen LogP contribution is 2.26. The number of rotatable bonds is 3. The molecule has 0 aliphatic carbocycles. The summed E-state index contributed by atoms with van der Waals surface area (Å²) in [5.74, 6) is 1.86. The number of anilines is 1. The van der Waals surface area contributed by atoms with Crippen molar-refractivity contribution in [2.45, 2.75) is 40.0 Å². The molecule has 0 aromatic carbocycles. The Morgan fingerprint density at radius 3 is 2.38 bits per heavy atom. The molecule has 0 fully saturated rings. The Hall–Kier alpha value is -0.990. The van der Waals surface area contributed by atoms with Gasteiger partial charge in [-0.25, -0.2) is 0 Å². The lowest BCUT2D eigenvalue weighted by molar-refractivity contribution is 0.514. The first-order valence-electron chi connectivity index (χ1n) is 4.82. The average Bonchev–Trinajstić information content (AvgIpc) is 2.31. The van der Waals surface area contributed by atoms with E-state index in [1.807, 2.05) is 6.92 Å². The molecule has 3 nitrogen and oxygen atoms in total. The van der Waals surface area contributed by atoms with Crippen LogP contribution in [0, 0.1) is 12.8 Å². The number of hydrogen-bond acceptors (Lipinski definition) is 2. The molecule has 0 saturated heterocycles. The van der Waals surface area contributed by atoms with Crippen molar-refractivity contribution < 1.29 is 0 Å². The van der Waals surface area contributed by atoms with E-state index in [-0.39, 0.29) is 0 Å². The zero-order valence-electron chi connectivity index (χ0n) is 8.89. The van der Waals surface area contributed by atoms with Gasteiger partial charge in [0.15, 0.2) is 0 Å². The lowest BCUT2D eigenvalue weighted by atomic mass is 9.94. The molecule has 1 atom stereocenters. The van der Waals surface area contributed by atoms with E-state index in [2.05, 4.69) is 31.0 Å². The number of nitrogens with one attached hydrogen (secondary N) is 1. The molecule has 0 bridgehead atoms. The van der Waals surface area contributed by atoms with E-state index in [0.717, 1.165) is 5.56 Å². The molecule has 3 N–H and O–H groups in total. The standard InChI is InChI=1S/C10H19N3/c1-6(2)5-7(3)9-8(4)10(11)13-12-9/h6-7H,5H2,1-4H3,(H3,11,12,13). The average molecular weight is 181 g/mol. The topological polar surface area (TPSA) is 54.7 Å². The van der Waals surface area contributed by atoms with Crippen LogP contribution in [0.15, 0.2) is 0 Å². The fraction of sp³-hybridized carbons (Fsp3) is 0.700. The minimum absolute atomic E-state index is 0.518. The van der Waals surface area contributed by atoms with Gasteiger partial charge < -0.3 is 5.73 Å². The quantitative estimate of drug-likeness (QED) is 0.752. The second-order valence-corrected chi connectivity index (χ2v) is 4.18. The van der Waals surface area contributed by atoms with E-state index >= 15 is 0 Å². The third-order valence-electron chi connectivity index (χ3n) is 2.40. The maximum absolute atomic E-state index is 5.67. The van der Waals surface area contributed by atoms with Gasteiger partial charge in [-0.2, -0.15) is 5.10 Å². The number of nitrogens with two attached hydrogens (primary N) is 1. The lowest BCUT2D eigenvalue weighted by Gasteiger charge is -2.12. The number of nitrogens with zero attached hydrogens (tertiary/aromatic N) is 1. The molecule has 0 spiro atoms. The van der Waals surface area contributed by atoms with Crippen molar-refractivity contribution in [2.24, 2.45) is 5.92 Å². The van der Waals surface area contributed by atoms with Crippen LogP contribution in [0.2, 0.25) is 0 Å². The van der Waals surface area contributed by atoms with E-state index in [4.69, 9.17) is 5.73 Å². The zero-order valence-corrected chi connectivity index (χ0v) is 8.89. The van der Waals surface area contributed by atoms with Crippen molar-refractivity contribution >= 4 is 5.82 Å². The predicted molar refractivity (Wildman–Crippen MR) is 55.6 cm³/mol. The Kier molecular flexibility index (Phi) is 2.96. The summed E-state index contributed by atoms with van der Waals surface area (Å²) in [7, 11) is 0. The normalized spacial score (nSPS) is 13.6. The molecular weight excluding hydrogens is 162 g/mol. The third-order valence-corrected chi connectivity index (χ3v) is 2.40. The lowest BCUT2D eigenvalue weighted by Crippen LogP contribution is -2.01. The van der Waals surface area contributed by atoms with E-state index in [1.54, 1.807) is 0 Å². The summed E-state index contributed by atoms with van der Waals surface area (Å²) in [5.41, 5.74) is 7.96. The molecule has 1 aromatic heterocycles. The predicted octanol–water partition coefficient (Wildman–Crippen LogP) is 2.45. The molecule has 13 heavy (non-hydrogen) atoms. The summed E-state index contributed by atoms with van der Waals surface area (Å²) in [4.78, 5) is 0. The maximum atomic E-state index is 5.67. The SMILES string of the molecule is Cc1c(N)n[nH]c1C(C)CC(C)C. The van der Waals surface area contributed by atoms with Gasteiger partial charge in [0.05, 0.1) is 0 Å². The second-order valence-electron chi connectivity index (χ2n) is 4.18. The first-order chi connectivity index (χ1) is 6.02. The smallest absolute Gasteiger partial charge is 0.148 e. The summed E-state index contributed by atoms with van der Waals surface area (Å²) in [6, 6.07) is 0. The van der Waals surface area contributed by atoms with Crippen LogP contribution in [0.25, 0.3) is 0 Å². The number of nitrogen functional groups attached to an aromatic ring is 1. The molecule has 74 valence electrons. The molecule has 0 amide bonds. The molecule has 0 radical (unpaired) electrons. The molecule has 1 rings (SSSR count). The van der Waals surface area contributed by atoms with Gasteiger partial charge in [0.25, 0.3) is 0 Å². The van der Waals surface area contributed by atoms with Crippen LogP contribution in [0.4, 0.5) is 5.82 Å². The summed E-state index contributed by atoms with van der Waals surface area (Å²) in [6.07, 6.45) is 1.17. The molecule has 1 unspecified atom stereocenters. The van der Waals surface area contributed by atoms with Crippen LogP contribution < -0.4 is 5.73 Å². The van der Waals surface area contributed by atoms with Gasteiger partial charge in [-0.05, 0) is 25.2 Å². The highest BCUT2D eigenvalue weighted by Gasteiger charge is 2.14. The Labute approximate surface area is 79.7 Å². The van der Waals surface area contributed by atoms with Crippen molar-refractivity contribution in [3.05, 3.63) is 11.3 Å². The Morgan fingerprint density at radius 2 is 2.00 bits per heavy atom. The van der Waals surface area contributed by atoms with Gasteiger partial charge in [0, 0.05) is 11.3 Å². The minimum Gasteiger partial charge on any atom is -0.382 e. The summed E-state index contributed by atoms with van der Waals surface area (Å²) in [5, 5.41) is 7.00. The number of hydrogen-bond donors (Lipinski definition) is 2. The van der Waals surface area contributed by atoms with Crippen LogP contribution in [-0.4, -0.2) is 10.2 Å². The van der Waals surface area contributed by atoms with Crippen molar-refractivity contribution in [3.63, 3.8) is 0 Å². The summed E-state index contributed by atoms with van der Waals surface area (Å²) >= 11 is 0. The van der Waals surface area contributed by atoms with Crippen LogP contribution in [0.1, 0.15) is 44.4 Å². The Morgan fingerprint density at radius 1 is 1.38 bits per heavy atom. The number of aromatic amines is 1. The van der Waals surface area contributed by atoms with Gasteiger partial charge >= 0.3 is 0 Å². The van der Waals surface area contributed by atoms with Gasteiger partial charge in [-0.3, -0.25) is 5.10 Å². The first-order valence-corrected chi connectivity index (χ1v) is 4.82. The largest absolute Gasteiger partial charge is 0.382 e. The fourth-order valence-corrected chi connectivity index (χ4v) is 1.73. The van der Waals surface area contributed by atoms with Crippen molar-refractivity contribution in [3.8, 4) is 0 Å².